The van der Waals surface area contributed by atoms with Gasteiger partial charge >= 0.3 is 5.97 Å². The third kappa shape index (κ3) is 4.27. The van der Waals surface area contributed by atoms with Gasteiger partial charge in [-0.05, 0) is 65.6 Å². The highest BCUT2D eigenvalue weighted by Crippen LogP contribution is 2.36. The Bertz CT molecular complexity index is 1370. The summed E-state index contributed by atoms with van der Waals surface area (Å²) in [6, 6.07) is 24.9. The molecular formula is C29H27FN2O2. The van der Waals surface area contributed by atoms with Gasteiger partial charge in [0.15, 0.2) is 0 Å². The van der Waals surface area contributed by atoms with E-state index >= 15 is 0 Å². The first-order chi connectivity index (χ1) is 16.5. The molecule has 1 aliphatic rings. The molecule has 1 unspecified atom stereocenters. The maximum atomic E-state index is 14.2. The minimum Gasteiger partial charge on any atom is -0.478 e. The van der Waals surface area contributed by atoms with E-state index < -0.39 is 5.97 Å². The van der Waals surface area contributed by atoms with Crippen molar-refractivity contribution in [1.82, 2.24) is 5.32 Å². The molecule has 0 radical (unpaired) electrons. The van der Waals surface area contributed by atoms with Crippen LogP contribution >= 0.6 is 0 Å². The van der Waals surface area contributed by atoms with Gasteiger partial charge < -0.3 is 15.3 Å². The Labute approximate surface area is 198 Å². The Hall–Kier alpha value is -3.70. The van der Waals surface area contributed by atoms with Crippen molar-refractivity contribution in [2.75, 3.05) is 18.0 Å². The van der Waals surface area contributed by atoms with Gasteiger partial charge in [0.25, 0.3) is 0 Å². The van der Waals surface area contributed by atoms with Crippen molar-refractivity contribution < 1.29 is 14.3 Å². The summed E-state index contributed by atoms with van der Waals surface area (Å²) in [5.74, 6) is -0.761. The Morgan fingerprint density at radius 2 is 1.79 bits per heavy atom. The van der Waals surface area contributed by atoms with Crippen LogP contribution in [0.1, 0.15) is 27.0 Å². The number of hydrogen-bond donors (Lipinski definition) is 2. The number of benzene rings is 4. The van der Waals surface area contributed by atoms with E-state index in [0.29, 0.717) is 23.4 Å². The molecule has 0 saturated heterocycles. The lowest BCUT2D eigenvalue weighted by atomic mass is 9.91. The molecule has 0 saturated carbocycles. The van der Waals surface area contributed by atoms with E-state index in [9.17, 15) is 14.3 Å². The van der Waals surface area contributed by atoms with Crippen molar-refractivity contribution in [3.63, 3.8) is 0 Å². The van der Waals surface area contributed by atoms with Crippen LogP contribution in [-0.2, 0) is 13.0 Å². The molecule has 1 aliphatic heterocycles. The van der Waals surface area contributed by atoms with Crippen LogP contribution in [0.2, 0.25) is 0 Å². The van der Waals surface area contributed by atoms with Gasteiger partial charge in [-0.3, -0.25) is 0 Å². The Morgan fingerprint density at radius 3 is 2.62 bits per heavy atom. The Balaban J connectivity index is 1.36. The topological polar surface area (TPSA) is 52.6 Å². The number of fused-ring (bicyclic) bond motifs is 2. The zero-order valence-corrected chi connectivity index (χ0v) is 19.1. The van der Waals surface area contributed by atoms with Crippen LogP contribution in [0.15, 0.2) is 78.9 Å². The molecule has 4 aromatic carbocycles. The second-order valence-electron chi connectivity index (χ2n) is 9.00. The van der Waals surface area contributed by atoms with Crippen LogP contribution in [0, 0.1) is 18.7 Å². The predicted molar refractivity (Wildman–Crippen MR) is 134 cm³/mol. The van der Waals surface area contributed by atoms with Crippen LogP contribution < -0.4 is 10.2 Å². The van der Waals surface area contributed by atoms with Crippen molar-refractivity contribution in [3.05, 3.63) is 107 Å². The second-order valence-corrected chi connectivity index (χ2v) is 9.00. The lowest BCUT2D eigenvalue weighted by Gasteiger charge is -2.36. The number of para-hydroxylation sites is 1. The summed E-state index contributed by atoms with van der Waals surface area (Å²) in [5.41, 5.74) is 5.44. The summed E-state index contributed by atoms with van der Waals surface area (Å²) in [4.78, 5) is 13.9. The lowest BCUT2D eigenvalue weighted by Crippen LogP contribution is -2.37. The lowest BCUT2D eigenvalue weighted by molar-refractivity contribution is 0.0696. The van der Waals surface area contributed by atoms with Gasteiger partial charge in [-0.1, -0.05) is 54.6 Å². The standard InChI is InChI=1S/C29H27FN2O2/c1-19-10-12-23(15-26(19)29(33)34)32-18-20(14-21-6-2-5-9-28(21)32)16-31-17-22-11-13-27(30)25-8-4-3-7-24(22)25/h2-13,15,20,31H,14,16-18H2,1H3,(H,33,34). The number of carbonyl (C=O) groups is 1. The predicted octanol–water partition coefficient (Wildman–Crippen LogP) is 6.09. The molecule has 1 atom stereocenters. The highest BCUT2D eigenvalue weighted by molar-refractivity contribution is 5.91. The number of anilines is 2. The van der Waals surface area contributed by atoms with Crippen LogP contribution in [0.3, 0.4) is 0 Å². The van der Waals surface area contributed by atoms with Gasteiger partial charge in [0.1, 0.15) is 5.82 Å². The first-order valence-corrected chi connectivity index (χ1v) is 11.6. The fraction of sp³-hybridized carbons (Fsp3) is 0.207. The molecule has 5 rings (SSSR count). The number of hydrogen-bond acceptors (Lipinski definition) is 3. The van der Waals surface area contributed by atoms with Crippen molar-refractivity contribution in [2.24, 2.45) is 5.92 Å². The quantitative estimate of drug-likeness (QED) is 0.370. The molecular weight excluding hydrogens is 427 g/mol. The Kier molecular flexibility index (Phi) is 6.03. The summed E-state index contributed by atoms with van der Waals surface area (Å²) in [6.07, 6.45) is 0.946. The van der Waals surface area contributed by atoms with Crippen LogP contribution in [0.5, 0.6) is 0 Å². The van der Waals surface area contributed by atoms with E-state index in [1.54, 1.807) is 6.07 Å². The summed E-state index contributed by atoms with van der Waals surface area (Å²) in [7, 11) is 0. The van der Waals surface area contributed by atoms with Gasteiger partial charge in [-0.15, -0.1) is 0 Å². The largest absolute Gasteiger partial charge is 0.478 e. The third-order valence-corrected chi connectivity index (χ3v) is 6.70. The average molecular weight is 455 g/mol. The van der Waals surface area contributed by atoms with Gasteiger partial charge in [0.05, 0.1) is 5.56 Å². The summed E-state index contributed by atoms with van der Waals surface area (Å²) < 4.78 is 14.2. The number of rotatable bonds is 6. The van der Waals surface area contributed by atoms with Crippen LogP contribution in [-0.4, -0.2) is 24.2 Å². The minimum absolute atomic E-state index is 0.197. The van der Waals surface area contributed by atoms with Crippen molar-refractivity contribution in [2.45, 2.75) is 19.9 Å². The van der Waals surface area contributed by atoms with Gasteiger partial charge in [-0.2, -0.15) is 0 Å². The second kappa shape index (κ2) is 9.27. The molecule has 34 heavy (non-hydrogen) atoms. The molecule has 172 valence electrons. The number of carboxylic acid groups (broad SMARTS) is 1. The maximum absolute atomic E-state index is 14.2. The summed E-state index contributed by atoms with van der Waals surface area (Å²) in [5, 5.41) is 14.8. The van der Waals surface area contributed by atoms with E-state index in [1.807, 2.05) is 55.5 Å². The normalized spacial score (nSPS) is 15.4. The first-order valence-electron chi connectivity index (χ1n) is 11.6. The molecule has 4 nitrogen and oxygen atoms in total. The molecule has 1 heterocycles. The highest BCUT2D eigenvalue weighted by atomic mass is 19.1. The third-order valence-electron chi connectivity index (χ3n) is 6.70. The highest BCUT2D eigenvalue weighted by Gasteiger charge is 2.26. The molecule has 5 heteroatoms. The van der Waals surface area contributed by atoms with Crippen molar-refractivity contribution in [1.29, 1.82) is 0 Å². The number of halogens is 1. The molecule has 0 aliphatic carbocycles. The molecule has 0 spiro atoms. The van der Waals surface area contributed by atoms with Crippen LogP contribution in [0.4, 0.5) is 15.8 Å². The Morgan fingerprint density at radius 1 is 1.03 bits per heavy atom. The minimum atomic E-state index is -0.908. The summed E-state index contributed by atoms with van der Waals surface area (Å²) >= 11 is 0. The van der Waals surface area contributed by atoms with E-state index in [4.69, 9.17) is 0 Å². The zero-order chi connectivity index (χ0) is 23.7. The average Bonchev–Trinajstić information content (AvgIpc) is 2.85. The first kappa shape index (κ1) is 22.1. The molecule has 2 N–H and O–H groups in total. The van der Waals surface area contributed by atoms with Gasteiger partial charge in [-0.25, -0.2) is 9.18 Å². The fourth-order valence-electron chi connectivity index (χ4n) is 4.96. The van der Waals surface area contributed by atoms with E-state index in [-0.39, 0.29) is 5.82 Å². The van der Waals surface area contributed by atoms with E-state index in [1.165, 1.54) is 11.6 Å². The number of nitrogens with zero attached hydrogens (tertiary/aromatic N) is 1. The van der Waals surface area contributed by atoms with Crippen molar-refractivity contribution >= 4 is 28.1 Å². The number of nitrogens with one attached hydrogen (secondary N) is 1. The molecule has 0 fully saturated rings. The van der Waals surface area contributed by atoms with Crippen LogP contribution in [0.25, 0.3) is 10.8 Å². The zero-order valence-electron chi connectivity index (χ0n) is 19.1. The molecule has 0 amide bonds. The molecule has 0 bridgehead atoms. The fourth-order valence-corrected chi connectivity index (χ4v) is 4.96. The molecule has 0 aromatic heterocycles. The van der Waals surface area contributed by atoms with Gasteiger partial charge in [0.2, 0.25) is 0 Å². The number of aromatic carboxylic acids is 1. The van der Waals surface area contributed by atoms with E-state index in [2.05, 4.69) is 28.4 Å². The smallest absolute Gasteiger partial charge is 0.336 e. The number of carboxylic acids is 1. The van der Waals surface area contributed by atoms with Gasteiger partial charge in [0, 0.05) is 36.4 Å². The number of aryl methyl sites for hydroxylation is 1. The maximum Gasteiger partial charge on any atom is 0.336 e. The summed E-state index contributed by atoms with van der Waals surface area (Å²) in [6.45, 7) is 4.07. The van der Waals surface area contributed by atoms with Crippen molar-refractivity contribution in [3.8, 4) is 0 Å². The SMILES string of the molecule is Cc1ccc(N2CC(CNCc3ccc(F)c4ccccc34)Cc3ccccc32)cc1C(=O)O. The molecule has 4 aromatic rings. The monoisotopic (exact) mass is 454 g/mol. The van der Waals surface area contributed by atoms with E-state index in [0.717, 1.165) is 47.4 Å².